The molecule has 188 valence electrons. The van der Waals surface area contributed by atoms with Crippen LogP contribution in [0, 0.1) is 5.92 Å². The normalized spacial score (nSPS) is 15.7. The number of ether oxygens (including phenoxy) is 1. The molecule has 10 nitrogen and oxygen atoms in total. The van der Waals surface area contributed by atoms with Gasteiger partial charge in [-0.25, -0.2) is 4.79 Å². The molecule has 1 aliphatic rings. The number of anilines is 1. The lowest BCUT2D eigenvalue weighted by atomic mass is 9.96. The summed E-state index contributed by atoms with van der Waals surface area (Å²) in [5.74, 6) is -0.935. The molecule has 3 N–H and O–H groups in total. The summed E-state index contributed by atoms with van der Waals surface area (Å²) < 4.78 is 10.2. The quantitative estimate of drug-likeness (QED) is 0.518. The molecule has 1 atom stereocenters. The summed E-state index contributed by atoms with van der Waals surface area (Å²) in [6, 6.07) is 9.84. The van der Waals surface area contributed by atoms with Crippen molar-refractivity contribution in [1.29, 1.82) is 0 Å². The molecular weight excluding hydrogens is 452 g/mol. The highest BCUT2D eigenvalue weighted by atomic mass is 16.6. The van der Waals surface area contributed by atoms with Crippen molar-refractivity contribution in [1.82, 2.24) is 15.5 Å². The average molecular weight is 485 g/mol. The third-order valence-electron chi connectivity index (χ3n) is 5.28. The van der Waals surface area contributed by atoms with Gasteiger partial charge in [0, 0.05) is 37.4 Å². The summed E-state index contributed by atoms with van der Waals surface area (Å²) in [6.07, 6.45) is 2.25. The number of furan rings is 1. The van der Waals surface area contributed by atoms with Gasteiger partial charge in [0.1, 0.15) is 5.60 Å². The minimum atomic E-state index is -0.587. The molecule has 1 fully saturated rings. The van der Waals surface area contributed by atoms with Crippen molar-refractivity contribution in [2.24, 2.45) is 5.92 Å². The number of carbonyl (C=O) groups is 4. The van der Waals surface area contributed by atoms with Crippen LogP contribution in [-0.4, -0.2) is 60.5 Å². The second-order valence-electron chi connectivity index (χ2n) is 9.32. The number of alkyl carbamates (subject to hydrolysis) is 1. The number of hydrogen-bond acceptors (Lipinski definition) is 6. The second kappa shape index (κ2) is 11.5. The number of benzene rings is 1. The van der Waals surface area contributed by atoms with Gasteiger partial charge in [-0.3, -0.25) is 14.4 Å². The maximum atomic E-state index is 13.1. The van der Waals surface area contributed by atoms with E-state index in [9.17, 15) is 19.2 Å². The highest BCUT2D eigenvalue weighted by Gasteiger charge is 2.29. The van der Waals surface area contributed by atoms with Crippen LogP contribution in [0.15, 0.2) is 47.1 Å². The summed E-state index contributed by atoms with van der Waals surface area (Å²) in [6.45, 7) is 6.68. The van der Waals surface area contributed by atoms with Gasteiger partial charge in [0.05, 0.1) is 12.2 Å². The van der Waals surface area contributed by atoms with Crippen molar-refractivity contribution >= 4 is 29.5 Å². The van der Waals surface area contributed by atoms with E-state index < -0.39 is 17.6 Å². The molecule has 35 heavy (non-hydrogen) atoms. The number of hydrogen-bond donors (Lipinski definition) is 3. The summed E-state index contributed by atoms with van der Waals surface area (Å²) >= 11 is 0. The SMILES string of the molecule is CC(C)(C)OC(=O)NCCNC(=O)C1CCCN(C(=O)c2cccc(NC(=O)c3ccco3)c2)C1. The minimum absolute atomic E-state index is 0.159. The van der Waals surface area contributed by atoms with Gasteiger partial charge in [-0.15, -0.1) is 0 Å². The first-order chi connectivity index (χ1) is 16.6. The van der Waals surface area contributed by atoms with Crippen molar-refractivity contribution in [3.05, 3.63) is 54.0 Å². The molecule has 1 aromatic heterocycles. The van der Waals surface area contributed by atoms with Gasteiger partial charge in [0.15, 0.2) is 5.76 Å². The maximum absolute atomic E-state index is 13.1. The predicted octanol–water partition coefficient (Wildman–Crippen LogP) is 3.03. The molecule has 0 saturated carbocycles. The van der Waals surface area contributed by atoms with Crippen LogP contribution in [0.3, 0.4) is 0 Å². The van der Waals surface area contributed by atoms with E-state index in [0.29, 0.717) is 37.2 Å². The van der Waals surface area contributed by atoms with Crippen LogP contribution in [0.1, 0.15) is 54.5 Å². The monoisotopic (exact) mass is 484 g/mol. The number of nitrogens with one attached hydrogen (secondary N) is 3. The number of nitrogens with zero attached hydrogens (tertiary/aromatic N) is 1. The standard InChI is InChI=1S/C25H32N4O6/c1-25(2,3)35-24(33)27-12-11-26-21(30)18-8-5-13-29(16-18)23(32)17-7-4-9-19(15-17)28-22(31)20-10-6-14-34-20/h4,6-7,9-10,14-15,18H,5,8,11-13,16H2,1-3H3,(H,26,30)(H,27,33)(H,28,31). The average Bonchev–Trinajstić information content (AvgIpc) is 3.36. The van der Waals surface area contributed by atoms with E-state index in [4.69, 9.17) is 9.15 Å². The molecule has 2 aromatic rings. The highest BCUT2D eigenvalue weighted by molar-refractivity contribution is 6.03. The smallest absolute Gasteiger partial charge is 0.407 e. The van der Waals surface area contributed by atoms with E-state index in [-0.39, 0.29) is 36.6 Å². The van der Waals surface area contributed by atoms with Gasteiger partial charge in [-0.1, -0.05) is 6.07 Å². The van der Waals surface area contributed by atoms with Gasteiger partial charge in [0.2, 0.25) is 5.91 Å². The van der Waals surface area contributed by atoms with Crippen LogP contribution in [0.4, 0.5) is 10.5 Å². The summed E-state index contributed by atoms with van der Waals surface area (Å²) in [5, 5.41) is 8.12. The van der Waals surface area contributed by atoms with E-state index >= 15 is 0 Å². The largest absolute Gasteiger partial charge is 0.459 e. The van der Waals surface area contributed by atoms with Crippen LogP contribution in [0.5, 0.6) is 0 Å². The molecule has 10 heteroatoms. The Balaban J connectivity index is 1.49. The van der Waals surface area contributed by atoms with Crippen molar-refractivity contribution in [3.8, 4) is 0 Å². The molecule has 3 rings (SSSR count). The third-order valence-corrected chi connectivity index (χ3v) is 5.28. The van der Waals surface area contributed by atoms with Crippen molar-refractivity contribution in [2.75, 3.05) is 31.5 Å². The summed E-state index contributed by atoms with van der Waals surface area (Å²) in [7, 11) is 0. The number of carbonyl (C=O) groups excluding carboxylic acids is 4. The Morgan fingerprint density at radius 1 is 1.09 bits per heavy atom. The first-order valence-corrected chi connectivity index (χ1v) is 11.6. The van der Waals surface area contributed by atoms with Gasteiger partial charge >= 0.3 is 6.09 Å². The van der Waals surface area contributed by atoms with Gasteiger partial charge in [-0.2, -0.15) is 0 Å². The Bertz CT molecular complexity index is 1040. The van der Waals surface area contributed by atoms with Crippen LogP contribution in [0.2, 0.25) is 0 Å². The molecule has 1 saturated heterocycles. The minimum Gasteiger partial charge on any atom is -0.459 e. The highest BCUT2D eigenvalue weighted by Crippen LogP contribution is 2.20. The Hall–Kier alpha value is -3.82. The fraction of sp³-hybridized carbons (Fsp3) is 0.440. The summed E-state index contributed by atoms with van der Waals surface area (Å²) in [4.78, 5) is 51.2. The third kappa shape index (κ3) is 7.87. The van der Waals surface area contributed by atoms with Gasteiger partial charge in [0.25, 0.3) is 11.8 Å². The van der Waals surface area contributed by atoms with Crippen LogP contribution >= 0.6 is 0 Å². The second-order valence-corrected chi connectivity index (χ2v) is 9.32. The lowest BCUT2D eigenvalue weighted by Gasteiger charge is -2.32. The van der Waals surface area contributed by atoms with Crippen LogP contribution < -0.4 is 16.0 Å². The number of amides is 4. The molecule has 1 aromatic carbocycles. The lowest BCUT2D eigenvalue weighted by Crippen LogP contribution is -2.46. The van der Waals surface area contributed by atoms with E-state index in [2.05, 4.69) is 16.0 Å². The molecular formula is C25H32N4O6. The predicted molar refractivity (Wildman–Crippen MR) is 129 cm³/mol. The van der Waals surface area contributed by atoms with Crippen LogP contribution in [-0.2, 0) is 9.53 Å². The summed E-state index contributed by atoms with van der Waals surface area (Å²) in [5.41, 5.74) is 0.307. The van der Waals surface area contributed by atoms with Crippen molar-refractivity contribution in [2.45, 2.75) is 39.2 Å². The van der Waals surface area contributed by atoms with Gasteiger partial charge < -0.3 is 30.0 Å². The fourth-order valence-electron chi connectivity index (χ4n) is 3.70. The first-order valence-electron chi connectivity index (χ1n) is 11.6. The fourth-order valence-corrected chi connectivity index (χ4v) is 3.70. The molecule has 0 bridgehead atoms. The van der Waals surface area contributed by atoms with Gasteiger partial charge in [-0.05, 0) is 63.9 Å². The number of rotatable bonds is 7. The topological polar surface area (TPSA) is 130 Å². The first kappa shape index (κ1) is 25.8. The van der Waals surface area contributed by atoms with E-state index in [1.807, 2.05) is 0 Å². The maximum Gasteiger partial charge on any atom is 0.407 e. The molecule has 0 spiro atoms. The van der Waals surface area contributed by atoms with Crippen LogP contribution in [0.25, 0.3) is 0 Å². The van der Waals surface area contributed by atoms with E-state index in [1.165, 1.54) is 6.26 Å². The van der Waals surface area contributed by atoms with Crippen molar-refractivity contribution in [3.63, 3.8) is 0 Å². The molecule has 2 heterocycles. The zero-order valence-electron chi connectivity index (χ0n) is 20.3. The lowest BCUT2D eigenvalue weighted by molar-refractivity contribution is -0.126. The zero-order valence-corrected chi connectivity index (χ0v) is 20.3. The zero-order chi connectivity index (χ0) is 25.4. The molecule has 0 aliphatic carbocycles. The Morgan fingerprint density at radius 3 is 2.57 bits per heavy atom. The Labute approximate surface area is 204 Å². The van der Waals surface area contributed by atoms with E-state index in [0.717, 1.165) is 0 Å². The number of piperidine rings is 1. The molecule has 1 unspecified atom stereocenters. The molecule has 4 amide bonds. The molecule has 0 radical (unpaired) electrons. The Kier molecular flexibility index (Phi) is 8.51. The van der Waals surface area contributed by atoms with Crippen molar-refractivity contribution < 1.29 is 28.3 Å². The number of likely N-dealkylation sites (tertiary alicyclic amines) is 1. The van der Waals surface area contributed by atoms with E-state index in [1.54, 1.807) is 62.1 Å². The Morgan fingerprint density at radius 2 is 1.86 bits per heavy atom. The molecule has 1 aliphatic heterocycles.